The van der Waals surface area contributed by atoms with Gasteiger partial charge in [0.1, 0.15) is 23.6 Å². The van der Waals surface area contributed by atoms with Gasteiger partial charge in [0.05, 0.1) is 11.9 Å². The van der Waals surface area contributed by atoms with Crippen molar-refractivity contribution in [1.29, 1.82) is 0 Å². The van der Waals surface area contributed by atoms with Gasteiger partial charge in [-0.2, -0.15) is 8.42 Å². The van der Waals surface area contributed by atoms with E-state index < -0.39 is 22.0 Å². The Kier molecular flexibility index (Phi) is 4.78. The molecule has 0 fully saturated rings. The van der Waals surface area contributed by atoms with Crippen molar-refractivity contribution in [2.75, 3.05) is 18.6 Å². The number of halogens is 2. The Morgan fingerprint density at radius 1 is 1.50 bits per heavy atom. The second-order valence-corrected chi connectivity index (χ2v) is 5.68. The minimum absolute atomic E-state index is 0.0272. The highest BCUT2D eigenvalue weighted by Crippen LogP contribution is 2.33. The van der Waals surface area contributed by atoms with E-state index >= 15 is 0 Å². The van der Waals surface area contributed by atoms with Crippen LogP contribution in [0, 0.1) is 5.82 Å². The third kappa shape index (κ3) is 4.32. The molecule has 0 saturated heterocycles. The molecule has 8 heteroatoms. The largest absolute Gasteiger partial charge is 0.487 e. The average Bonchev–Trinajstić information content (AvgIpc) is 2.21. The molecule has 0 unspecified atom stereocenters. The molecule has 2 N–H and O–H groups in total. The lowest BCUT2D eigenvalue weighted by atomic mass is 10.3. The number of anilines is 1. The fraction of sp³-hybridized carbons (Fsp3) is 0.400. The average molecular weight is 298 g/mol. The van der Waals surface area contributed by atoms with E-state index in [9.17, 15) is 12.8 Å². The molecule has 0 saturated carbocycles. The molecule has 0 amide bonds. The van der Waals surface area contributed by atoms with Gasteiger partial charge >= 0.3 is 0 Å². The van der Waals surface area contributed by atoms with Crippen LogP contribution in [-0.2, 0) is 14.3 Å². The van der Waals surface area contributed by atoms with E-state index in [0.29, 0.717) is 0 Å². The summed E-state index contributed by atoms with van der Waals surface area (Å²) in [6, 6.07) is 2.42. The molecular formula is C10H13ClFNO4S. The molecule has 0 heterocycles. The number of hydrogen-bond donors (Lipinski definition) is 1. The zero-order valence-electron chi connectivity index (χ0n) is 9.81. The van der Waals surface area contributed by atoms with Crippen molar-refractivity contribution in [2.45, 2.75) is 13.0 Å². The summed E-state index contributed by atoms with van der Waals surface area (Å²) >= 11 is 5.68. The first-order valence-electron chi connectivity index (χ1n) is 4.95. The number of nitrogens with two attached hydrogens (primary N) is 1. The van der Waals surface area contributed by atoms with E-state index in [-0.39, 0.29) is 23.1 Å². The van der Waals surface area contributed by atoms with Crippen LogP contribution in [0.3, 0.4) is 0 Å². The third-order valence-corrected chi connectivity index (χ3v) is 2.91. The first kappa shape index (κ1) is 15.0. The summed E-state index contributed by atoms with van der Waals surface area (Å²) in [4.78, 5) is 0. The van der Waals surface area contributed by atoms with E-state index in [1.54, 1.807) is 0 Å². The maximum atomic E-state index is 13.2. The monoisotopic (exact) mass is 297 g/mol. The van der Waals surface area contributed by atoms with Gasteiger partial charge < -0.3 is 10.5 Å². The van der Waals surface area contributed by atoms with Gasteiger partial charge in [-0.25, -0.2) is 4.39 Å². The Labute approximate surface area is 110 Å². The second kappa shape index (κ2) is 5.73. The smallest absolute Gasteiger partial charge is 0.264 e. The summed E-state index contributed by atoms with van der Waals surface area (Å²) in [5.74, 6) is -0.696. The van der Waals surface area contributed by atoms with Crippen LogP contribution in [0.5, 0.6) is 5.75 Å². The van der Waals surface area contributed by atoms with E-state index in [0.717, 1.165) is 12.3 Å². The van der Waals surface area contributed by atoms with Crippen LogP contribution in [0.2, 0.25) is 5.02 Å². The van der Waals surface area contributed by atoms with Crippen LogP contribution in [0.25, 0.3) is 0 Å². The van der Waals surface area contributed by atoms with Crippen LogP contribution in [0.15, 0.2) is 12.1 Å². The standard InChI is InChI=1S/C10H13ClFNO4S/c1-6(17-18(2,14)15)5-16-10-8(13)4-3-7(12)9(10)11/h3-4,6H,5,13H2,1-2H3/t6-/m1/s1. The molecule has 5 nitrogen and oxygen atoms in total. The summed E-state index contributed by atoms with van der Waals surface area (Å²) in [6.45, 7) is 1.37. The lowest BCUT2D eigenvalue weighted by molar-refractivity contribution is 0.150. The highest BCUT2D eigenvalue weighted by molar-refractivity contribution is 7.86. The zero-order chi connectivity index (χ0) is 13.9. The summed E-state index contributed by atoms with van der Waals surface area (Å²) in [6.07, 6.45) is 0.186. The summed E-state index contributed by atoms with van der Waals surface area (Å²) < 4.78 is 44.7. The highest BCUT2D eigenvalue weighted by atomic mass is 35.5. The van der Waals surface area contributed by atoms with E-state index in [1.165, 1.54) is 13.0 Å². The maximum absolute atomic E-state index is 13.2. The highest BCUT2D eigenvalue weighted by Gasteiger charge is 2.15. The van der Waals surface area contributed by atoms with Crippen molar-refractivity contribution in [3.63, 3.8) is 0 Å². The van der Waals surface area contributed by atoms with Gasteiger partial charge in [-0.3, -0.25) is 4.18 Å². The first-order chi connectivity index (χ1) is 8.20. The molecule has 0 radical (unpaired) electrons. The van der Waals surface area contributed by atoms with Gasteiger partial charge in [-0.15, -0.1) is 0 Å². The Hall–Kier alpha value is -1.05. The van der Waals surface area contributed by atoms with Crippen LogP contribution >= 0.6 is 11.6 Å². The minimum Gasteiger partial charge on any atom is -0.487 e. The van der Waals surface area contributed by atoms with E-state index in [1.807, 2.05) is 0 Å². The van der Waals surface area contributed by atoms with Crippen molar-refractivity contribution < 1.29 is 21.7 Å². The molecule has 1 aromatic carbocycles. The molecule has 18 heavy (non-hydrogen) atoms. The summed E-state index contributed by atoms with van der Waals surface area (Å²) in [7, 11) is -3.57. The first-order valence-corrected chi connectivity index (χ1v) is 7.14. The third-order valence-electron chi connectivity index (χ3n) is 1.88. The number of rotatable bonds is 5. The van der Waals surface area contributed by atoms with Gasteiger partial charge in [0.2, 0.25) is 0 Å². The quantitative estimate of drug-likeness (QED) is 0.662. The predicted octanol–water partition coefficient (Wildman–Crippen LogP) is 1.80. The molecule has 1 atom stereocenters. The SMILES string of the molecule is C[C@H](COc1c(N)ccc(F)c1Cl)OS(C)(=O)=O. The number of nitrogen functional groups attached to an aromatic ring is 1. The van der Waals surface area contributed by atoms with E-state index in [2.05, 4.69) is 4.18 Å². The fourth-order valence-electron chi connectivity index (χ4n) is 1.22. The van der Waals surface area contributed by atoms with Crippen molar-refractivity contribution >= 4 is 27.4 Å². The molecule has 0 bridgehead atoms. The van der Waals surface area contributed by atoms with Gasteiger partial charge in [0.25, 0.3) is 10.1 Å². The molecule has 0 spiro atoms. The number of ether oxygens (including phenoxy) is 1. The fourth-order valence-corrected chi connectivity index (χ4v) is 2.10. The Morgan fingerprint density at radius 3 is 2.67 bits per heavy atom. The Bertz CT molecular complexity index is 535. The molecule has 102 valence electrons. The molecule has 0 aliphatic rings. The normalized spacial score (nSPS) is 13.3. The number of hydrogen-bond acceptors (Lipinski definition) is 5. The van der Waals surface area contributed by atoms with Gasteiger partial charge in [0.15, 0.2) is 5.75 Å². The van der Waals surface area contributed by atoms with Crippen molar-refractivity contribution in [1.82, 2.24) is 0 Å². The van der Waals surface area contributed by atoms with Crippen LogP contribution in [0.4, 0.5) is 10.1 Å². The molecular weight excluding hydrogens is 285 g/mol. The van der Waals surface area contributed by atoms with Crippen LogP contribution < -0.4 is 10.5 Å². The molecule has 0 aliphatic heterocycles. The molecule has 1 rings (SSSR count). The lowest BCUT2D eigenvalue weighted by Gasteiger charge is -2.15. The van der Waals surface area contributed by atoms with Crippen molar-refractivity contribution in [3.8, 4) is 5.75 Å². The predicted molar refractivity (Wildman–Crippen MR) is 66.7 cm³/mol. The topological polar surface area (TPSA) is 78.6 Å². The van der Waals surface area contributed by atoms with E-state index in [4.69, 9.17) is 22.1 Å². The second-order valence-electron chi connectivity index (χ2n) is 3.70. The van der Waals surface area contributed by atoms with Crippen LogP contribution in [0.1, 0.15) is 6.92 Å². The molecule has 0 aliphatic carbocycles. The lowest BCUT2D eigenvalue weighted by Crippen LogP contribution is -2.21. The van der Waals surface area contributed by atoms with Gasteiger partial charge in [-0.1, -0.05) is 11.6 Å². The van der Waals surface area contributed by atoms with Crippen molar-refractivity contribution in [2.24, 2.45) is 0 Å². The van der Waals surface area contributed by atoms with Crippen molar-refractivity contribution in [3.05, 3.63) is 23.0 Å². The molecule has 0 aromatic heterocycles. The molecule has 1 aromatic rings. The van der Waals surface area contributed by atoms with Gasteiger partial charge in [-0.05, 0) is 19.1 Å². The number of benzene rings is 1. The minimum atomic E-state index is -3.57. The summed E-state index contributed by atoms with van der Waals surface area (Å²) in [5, 5.41) is -0.249. The van der Waals surface area contributed by atoms with Gasteiger partial charge in [0, 0.05) is 0 Å². The maximum Gasteiger partial charge on any atom is 0.264 e. The Morgan fingerprint density at radius 2 is 2.11 bits per heavy atom. The summed E-state index contributed by atoms with van der Waals surface area (Å²) in [5.41, 5.74) is 5.73. The zero-order valence-corrected chi connectivity index (χ0v) is 11.4. The van der Waals surface area contributed by atoms with Crippen LogP contribution in [-0.4, -0.2) is 27.4 Å². The Balaban J connectivity index is 2.72.